The maximum Gasteiger partial charge on any atom is 0.264 e. The van der Waals surface area contributed by atoms with E-state index in [-0.39, 0.29) is 29.2 Å². The van der Waals surface area contributed by atoms with Crippen LogP contribution in [0.2, 0.25) is 0 Å². The van der Waals surface area contributed by atoms with Crippen molar-refractivity contribution in [3.63, 3.8) is 0 Å². The van der Waals surface area contributed by atoms with Gasteiger partial charge in [-0.15, -0.1) is 0 Å². The highest BCUT2D eigenvalue weighted by Gasteiger charge is 2.28. The molecule has 0 heterocycles. The third kappa shape index (κ3) is 6.04. The van der Waals surface area contributed by atoms with E-state index in [0.29, 0.717) is 28.0 Å². The van der Waals surface area contributed by atoms with Crippen LogP contribution in [0.5, 0.6) is 11.5 Å². The quantitative estimate of drug-likeness (QED) is 0.245. The third-order valence-electron chi connectivity index (χ3n) is 5.50. The van der Waals surface area contributed by atoms with Crippen LogP contribution in [-0.4, -0.2) is 42.8 Å². The summed E-state index contributed by atoms with van der Waals surface area (Å²) in [6.45, 7) is 0.456. The topological polar surface area (TPSA) is 67.9 Å². The molecule has 0 aliphatic heterocycles. The van der Waals surface area contributed by atoms with E-state index < -0.39 is 21.7 Å². The van der Waals surface area contributed by atoms with Gasteiger partial charge >= 0.3 is 0 Å². The summed E-state index contributed by atoms with van der Waals surface area (Å²) < 4.78 is 69.1. The largest absolute Gasteiger partial charge is 0.493 e. The van der Waals surface area contributed by atoms with Crippen LogP contribution < -0.4 is 19.1 Å². The second-order valence-electron chi connectivity index (χ2n) is 7.67. The number of nitrogens with zero attached hydrogens (tertiary/aromatic N) is 1. The molecule has 0 spiro atoms. The Balaban J connectivity index is 2.17. The minimum absolute atomic E-state index is 0.00671. The average Bonchev–Trinajstić information content (AvgIpc) is 2.86. The molecule has 0 saturated carbocycles. The van der Waals surface area contributed by atoms with Gasteiger partial charge in [0, 0.05) is 35.6 Å². The predicted molar refractivity (Wildman–Crippen MR) is 141 cm³/mol. The second-order valence-corrected chi connectivity index (χ2v) is 10.3. The Morgan fingerprint density at radius 3 is 2.26 bits per heavy atom. The molecular weight excluding hydrogens is 589 g/mol. The van der Waals surface area contributed by atoms with Crippen molar-refractivity contribution in [3.05, 3.63) is 82.9 Å². The highest BCUT2D eigenvalue weighted by atomic mass is 127. The summed E-state index contributed by atoms with van der Waals surface area (Å²) in [5.74, 6) is -0.688. The number of likely N-dealkylation sites (N-methyl/N-ethyl adjacent to an activating group) is 1. The predicted octanol–water partition coefficient (Wildman–Crippen LogP) is 4.92. The van der Waals surface area contributed by atoms with Crippen molar-refractivity contribution in [2.24, 2.45) is 0 Å². The molecule has 0 amide bonds. The van der Waals surface area contributed by atoms with E-state index >= 15 is 0 Å². The van der Waals surface area contributed by atoms with Crippen LogP contribution in [0.25, 0.3) is 0 Å². The number of hydrogen-bond acceptors (Lipinski definition) is 5. The number of methoxy groups -OCH3 is 2. The smallest absolute Gasteiger partial charge is 0.264 e. The third-order valence-corrected chi connectivity index (χ3v) is 8.19. The molecule has 3 aromatic carbocycles. The molecule has 0 saturated heterocycles. The van der Waals surface area contributed by atoms with Gasteiger partial charge in [0.25, 0.3) is 10.0 Å². The molecular formula is C25H27F2IN2O4S. The maximum atomic E-state index is 14.5. The molecule has 0 fully saturated rings. The Labute approximate surface area is 218 Å². The molecule has 0 radical (unpaired) electrons. The normalized spacial score (nSPS) is 11.4. The van der Waals surface area contributed by atoms with Crippen LogP contribution in [0.15, 0.2) is 59.5 Å². The van der Waals surface area contributed by atoms with E-state index in [4.69, 9.17) is 9.47 Å². The van der Waals surface area contributed by atoms with E-state index in [1.165, 1.54) is 54.9 Å². The van der Waals surface area contributed by atoms with Gasteiger partial charge in [-0.05, 0) is 48.5 Å². The molecule has 3 aromatic rings. The molecule has 10 heteroatoms. The number of anilines is 1. The number of sulfonamides is 1. The van der Waals surface area contributed by atoms with Gasteiger partial charge in [-0.1, -0.05) is 40.8 Å². The van der Waals surface area contributed by atoms with Crippen molar-refractivity contribution >= 4 is 38.3 Å². The Morgan fingerprint density at radius 1 is 0.971 bits per heavy atom. The minimum Gasteiger partial charge on any atom is -0.493 e. The Bertz CT molecular complexity index is 1270. The van der Waals surface area contributed by atoms with Gasteiger partial charge in [-0.25, -0.2) is 17.2 Å². The lowest BCUT2D eigenvalue weighted by atomic mass is 10.00. The van der Waals surface area contributed by atoms with Crippen molar-refractivity contribution < 1.29 is 26.7 Å². The standard InChI is InChI=1S/C25H27F2IN2O4S/c1-29-11-12-30(35(31,32)19-8-10-24(33-2)25(15-19)34-3)23-9-7-17(16-28)13-18(23)14-20-21(26)5-4-6-22(20)27/h4-10,13,15,29H,11-12,14,16H2,1-3H3. The first-order valence-corrected chi connectivity index (χ1v) is 13.7. The average molecular weight is 616 g/mol. The Morgan fingerprint density at radius 2 is 1.66 bits per heavy atom. The molecule has 1 N–H and O–H groups in total. The van der Waals surface area contributed by atoms with Crippen LogP contribution in [-0.2, 0) is 20.9 Å². The molecule has 0 bridgehead atoms. The number of rotatable bonds is 11. The number of alkyl halides is 1. The molecule has 0 aromatic heterocycles. The fourth-order valence-corrected chi connectivity index (χ4v) is 5.68. The van der Waals surface area contributed by atoms with Gasteiger partial charge in [-0.3, -0.25) is 4.31 Å². The summed E-state index contributed by atoms with van der Waals surface area (Å²) in [5.41, 5.74) is 1.66. The van der Waals surface area contributed by atoms with E-state index in [2.05, 4.69) is 27.9 Å². The fraction of sp³-hybridized carbons (Fsp3) is 0.280. The highest BCUT2D eigenvalue weighted by Crippen LogP contribution is 2.34. The van der Waals surface area contributed by atoms with Gasteiger partial charge in [0.05, 0.1) is 24.8 Å². The number of nitrogens with one attached hydrogen (secondary N) is 1. The van der Waals surface area contributed by atoms with Gasteiger partial charge in [0.2, 0.25) is 0 Å². The zero-order chi connectivity index (χ0) is 25.6. The molecule has 35 heavy (non-hydrogen) atoms. The molecule has 0 unspecified atom stereocenters. The highest BCUT2D eigenvalue weighted by molar-refractivity contribution is 14.1. The second kappa shape index (κ2) is 12.0. The van der Waals surface area contributed by atoms with Gasteiger partial charge < -0.3 is 14.8 Å². The summed E-state index contributed by atoms with van der Waals surface area (Å²) in [5, 5.41) is 2.97. The van der Waals surface area contributed by atoms with E-state index in [1.807, 2.05) is 6.07 Å². The van der Waals surface area contributed by atoms with Gasteiger partial charge in [-0.2, -0.15) is 0 Å². The number of ether oxygens (including phenoxy) is 2. The first kappa shape index (κ1) is 27.2. The lowest BCUT2D eigenvalue weighted by molar-refractivity contribution is 0.354. The summed E-state index contributed by atoms with van der Waals surface area (Å²) in [6.07, 6.45) is -0.101. The lowest BCUT2D eigenvalue weighted by Crippen LogP contribution is -2.37. The van der Waals surface area contributed by atoms with E-state index in [0.717, 1.165) is 5.56 Å². The molecule has 0 atom stereocenters. The first-order chi connectivity index (χ1) is 16.8. The van der Waals surface area contributed by atoms with Crippen molar-refractivity contribution in [1.29, 1.82) is 0 Å². The van der Waals surface area contributed by atoms with E-state index in [1.54, 1.807) is 19.2 Å². The fourth-order valence-electron chi connectivity index (χ4n) is 3.69. The molecule has 0 aliphatic carbocycles. The number of hydrogen-bond donors (Lipinski definition) is 1. The first-order valence-electron chi connectivity index (χ1n) is 10.8. The van der Waals surface area contributed by atoms with Crippen LogP contribution in [0.1, 0.15) is 16.7 Å². The molecule has 0 aliphatic rings. The number of benzene rings is 3. The van der Waals surface area contributed by atoms with Crippen LogP contribution in [0, 0.1) is 11.6 Å². The van der Waals surface area contributed by atoms with Gasteiger partial charge in [0.1, 0.15) is 11.6 Å². The zero-order valence-electron chi connectivity index (χ0n) is 19.6. The minimum atomic E-state index is -4.07. The van der Waals surface area contributed by atoms with Crippen molar-refractivity contribution in [2.75, 3.05) is 38.7 Å². The Hall–Kier alpha value is -2.44. The van der Waals surface area contributed by atoms with Crippen molar-refractivity contribution in [1.82, 2.24) is 5.32 Å². The summed E-state index contributed by atoms with van der Waals surface area (Å²) >= 11 is 2.19. The van der Waals surface area contributed by atoms with Crippen LogP contribution in [0.4, 0.5) is 14.5 Å². The van der Waals surface area contributed by atoms with Crippen LogP contribution >= 0.6 is 22.6 Å². The van der Waals surface area contributed by atoms with Crippen molar-refractivity contribution in [3.8, 4) is 11.5 Å². The van der Waals surface area contributed by atoms with Crippen LogP contribution in [0.3, 0.4) is 0 Å². The van der Waals surface area contributed by atoms with Crippen molar-refractivity contribution in [2.45, 2.75) is 15.7 Å². The Kier molecular flexibility index (Phi) is 9.31. The van der Waals surface area contributed by atoms with Gasteiger partial charge in [0.15, 0.2) is 11.5 Å². The zero-order valence-corrected chi connectivity index (χ0v) is 22.6. The lowest BCUT2D eigenvalue weighted by Gasteiger charge is -2.27. The molecule has 6 nitrogen and oxygen atoms in total. The SMILES string of the molecule is CNCCN(c1ccc(CI)cc1Cc1c(F)cccc1F)S(=O)(=O)c1ccc(OC)c(OC)c1. The molecule has 188 valence electrons. The summed E-state index contributed by atoms with van der Waals surface area (Å²) in [4.78, 5) is 0.00671. The monoisotopic (exact) mass is 616 g/mol. The summed E-state index contributed by atoms with van der Waals surface area (Å²) in [7, 11) is 0.542. The number of halogens is 3. The van der Waals surface area contributed by atoms with E-state index in [9.17, 15) is 17.2 Å². The summed E-state index contributed by atoms with van der Waals surface area (Å²) in [6, 6.07) is 13.4. The molecule has 3 rings (SSSR count). The maximum absolute atomic E-state index is 14.5.